The third-order valence-electron chi connectivity index (χ3n) is 2.34. The number of benzene rings is 1. The highest BCUT2D eigenvalue weighted by Gasteiger charge is 2.36. The zero-order chi connectivity index (χ0) is 17.5. The zero-order valence-electron chi connectivity index (χ0n) is 11.6. The molecule has 1 rings (SSSR count). The summed E-state index contributed by atoms with van der Waals surface area (Å²) in [5.74, 6) is 0. The molecule has 0 heterocycles. The van der Waals surface area contributed by atoms with Crippen molar-refractivity contribution in [2.75, 3.05) is 22.5 Å². The van der Waals surface area contributed by atoms with E-state index in [1.165, 1.54) is 0 Å². The molecule has 1 aromatic carbocycles. The van der Waals surface area contributed by atoms with Crippen LogP contribution in [-0.2, 0) is 29.9 Å². The number of rotatable bonds is 5. The fraction of sp³-hybridized carbons (Fsp3) is 0.333. The number of anilines is 1. The Hall–Kier alpha value is -1.73. The van der Waals surface area contributed by atoms with Crippen LogP contribution in [0.2, 0.25) is 0 Å². The van der Waals surface area contributed by atoms with Crippen LogP contribution in [0.4, 0.5) is 11.4 Å². The molecule has 0 unspecified atom stereocenters. The van der Waals surface area contributed by atoms with Crippen molar-refractivity contribution in [1.82, 2.24) is 0 Å². The molecule has 0 N–H and O–H groups in total. The van der Waals surface area contributed by atoms with Crippen molar-refractivity contribution in [1.29, 1.82) is 0 Å². The molecule has 0 aliphatic carbocycles. The van der Waals surface area contributed by atoms with Crippen LogP contribution in [0, 0.1) is 10.1 Å². The molecule has 0 aliphatic rings. The quantitative estimate of drug-likeness (QED) is 0.506. The van der Waals surface area contributed by atoms with Crippen LogP contribution in [0.15, 0.2) is 23.1 Å². The normalized spacial score (nSPS) is 12.9. The molecule has 0 spiro atoms. The lowest BCUT2D eigenvalue weighted by Gasteiger charge is -2.21. The highest BCUT2D eigenvalue weighted by Crippen LogP contribution is 2.35. The van der Waals surface area contributed by atoms with Gasteiger partial charge < -0.3 is 0 Å². The maximum Gasteiger partial charge on any atom is 0.290 e. The molecule has 13 heteroatoms. The Kier molecular flexibility index (Phi) is 4.56. The third kappa shape index (κ3) is 3.72. The monoisotopic (exact) mass is 372 g/mol. The molecule has 0 bridgehead atoms. The molecule has 22 heavy (non-hydrogen) atoms. The summed E-state index contributed by atoms with van der Waals surface area (Å²) >= 11 is 0. The van der Waals surface area contributed by atoms with Gasteiger partial charge in [0, 0.05) is 12.3 Å². The van der Waals surface area contributed by atoms with Gasteiger partial charge in [0.1, 0.15) is 0 Å². The van der Waals surface area contributed by atoms with Crippen LogP contribution in [-0.4, -0.2) is 48.9 Å². The topological polar surface area (TPSA) is 149 Å². The van der Waals surface area contributed by atoms with Crippen LogP contribution < -0.4 is 3.71 Å². The van der Waals surface area contributed by atoms with Gasteiger partial charge in [0.2, 0.25) is 20.0 Å². The van der Waals surface area contributed by atoms with Crippen molar-refractivity contribution < 1.29 is 30.2 Å². The van der Waals surface area contributed by atoms with Gasteiger partial charge in [-0.25, -0.2) is 25.3 Å². The van der Waals surface area contributed by atoms with Gasteiger partial charge in [-0.3, -0.25) is 10.1 Å². The predicted molar refractivity (Wildman–Crippen MR) is 78.4 cm³/mol. The average molecular weight is 372 g/mol. The van der Waals surface area contributed by atoms with Crippen LogP contribution in [0.3, 0.4) is 0 Å². The number of hydrogen-bond acceptors (Lipinski definition) is 8. The lowest BCUT2D eigenvalue weighted by molar-refractivity contribution is -0.387. The summed E-state index contributed by atoms with van der Waals surface area (Å²) in [5, 5.41) is 11.0. The Morgan fingerprint density at radius 2 is 1.41 bits per heavy atom. The van der Waals surface area contributed by atoms with E-state index in [0.717, 1.165) is 18.2 Å². The average Bonchev–Trinajstić information content (AvgIpc) is 2.22. The number of hydrogen-bond donors (Lipinski definition) is 0. The van der Waals surface area contributed by atoms with E-state index in [4.69, 9.17) is 0 Å². The summed E-state index contributed by atoms with van der Waals surface area (Å²) in [6.45, 7) is 0. The van der Waals surface area contributed by atoms with E-state index < -0.39 is 51.1 Å². The van der Waals surface area contributed by atoms with Crippen molar-refractivity contribution in [2.24, 2.45) is 0 Å². The summed E-state index contributed by atoms with van der Waals surface area (Å²) in [6, 6.07) is 2.69. The molecular formula is C9H12N2O8S3. The minimum absolute atomic E-state index is 0.149. The largest absolute Gasteiger partial charge is 0.290 e. The first-order chi connectivity index (χ1) is 9.67. The molecule has 0 atom stereocenters. The second-order valence-electron chi connectivity index (χ2n) is 4.38. The van der Waals surface area contributed by atoms with E-state index in [0.29, 0.717) is 18.8 Å². The minimum atomic E-state index is -4.44. The van der Waals surface area contributed by atoms with Gasteiger partial charge in [0.15, 0.2) is 14.7 Å². The summed E-state index contributed by atoms with van der Waals surface area (Å²) < 4.78 is 70.4. The molecule has 10 nitrogen and oxygen atoms in total. The molecule has 0 fully saturated rings. The third-order valence-corrected chi connectivity index (χ3v) is 6.72. The Morgan fingerprint density at radius 3 is 1.73 bits per heavy atom. The predicted octanol–water partition coefficient (Wildman–Crippen LogP) is -0.276. The molecule has 0 amide bonds. The molecule has 0 aromatic heterocycles. The Balaban J connectivity index is 4.05. The maximum absolute atomic E-state index is 11.8. The van der Waals surface area contributed by atoms with Gasteiger partial charge in [-0.2, -0.15) is 3.71 Å². The van der Waals surface area contributed by atoms with Gasteiger partial charge in [0.25, 0.3) is 5.69 Å². The molecule has 124 valence electrons. The van der Waals surface area contributed by atoms with E-state index >= 15 is 0 Å². The van der Waals surface area contributed by atoms with Gasteiger partial charge in [-0.05, 0) is 6.07 Å². The first-order valence-electron chi connectivity index (χ1n) is 5.35. The Bertz CT molecular complexity index is 899. The summed E-state index contributed by atoms with van der Waals surface area (Å²) in [7, 11) is -13.2. The minimum Gasteiger partial charge on any atom is -0.258 e. The van der Waals surface area contributed by atoms with Crippen molar-refractivity contribution in [2.45, 2.75) is 4.90 Å². The van der Waals surface area contributed by atoms with E-state index in [1.807, 2.05) is 0 Å². The highest BCUT2D eigenvalue weighted by atomic mass is 32.3. The van der Waals surface area contributed by atoms with E-state index in [9.17, 15) is 35.4 Å². The lowest BCUT2D eigenvalue weighted by atomic mass is 10.3. The highest BCUT2D eigenvalue weighted by molar-refractivity contribution is 8.09. The zero-order valence-corrected chi connectivity index (χ0v) is 14.1. The van der Waals surface area contributed by atoms with Crippen LogP contribution in [0.1, 0.15) is 0 Å². The molecule has 1 aromatic rings. The summed E-state index contributed by atoms with van der Waals surface area (Å²) in [4.78, 5) is 8.94. The smallest absolute Gasteiger partial charge is 0.258 e. The fourth-order valence-electron chi connectivity index (χ4n) is 1.78. The van der Waals surface area contributed by atoms with Gasteiger partial charge in [-0.1, -0.05) is 6.07 Å². The van der Waals surface area contributed by atoms with E-state index in [2.05, 4.69) is 0 Å². The van der Waals surface area contributed by atoms with E-state index in [1.54, 1.807) is 0 Å². The SMILES string of the molecule is CS(=O)(=O)c1c(N(S(C)(=O)=O)S(C)(=O)=O)cccc1[N+](=O)[O-]. The molecule has 0 aliphatic heterocycles. The van der Waals surface area contributed by atoms with E-state index in [-0.39, 0.29) is 3.71 Å². The van der Waals surface area contributed by atoms with Crippen molar-refractivity contribution in [3.63, 3.8) is 0 Å². The first-order valence-corrected chi connectivity index (χ1v) is 10.9. The maximum atomic E-state index is 11.8. The standard InChI is InChI=1S/C9H12N2O8S3/c1-20(14,15)9-7(10(12)13)5-4-6-8(9)11(21(2,16)17)22(3,18)19/h4-6H,1-3H3. The van der Waals surface area contributed by atoms with Crippen molar-refractivity contribution in [3.05, 3.63) is 28.3 Å². The van der Waals surface area contributed by atoms with Crippen LogP contribution >= 0.6 is 0 Å². The van der Waals surface area contributed by atoms with Gasteiger partial charge >= 0.3 is 0 Å². The number of sulfonamides is 2. The molecular weight excluding hydrogens is 360 g/mol. The molecule has 0 saturated heterocycles. The molecule has 0 radical (unpaired) electrons. The van der Waals surface area contributed by atoms with Crippen LogP contribution in [0.25, 0.3) is 0 Å². The van der Waals surface area contributed by atoms with Gasteiger partial charge in [0.05, 0.1) is 23.1 Å². The fourth-order valence-corrected chi connectivity index (χ4v) is 5.95. The van der Waals surface area contributed by atoms with Crippen molar-refractivity contribution >= 4 is 41.3 Å². The first kappa shape index (κ1) is 18.3. The lowest BCUT2D eigenvalue weighted by Crippen LogP contribution is -2.36. The van der Waals surface area contributed by atoms with Gasteiger partial charge in [-0.15, -0.1) is 0 Å². The molecule has 0 saturated carbocycles. The Morgan fingerprint density at radius 1 is 0.955 bits per heavy atom. The summed E-state index contributed by atoms with van der Waals surface area (Å²) in [5.41, 5.74) is -1.74. The summed E-state index contributed by atoms with van der Waals surface area (Å²) in [6.07, 6.45) is 1.69. The number of sulfone groups is 1. The number of nitro groups is 1. The number of nitro benzene ring substituents is 1. The van der Waals surface area contributed by atoms with Crippen molar-refractivity contribution in [3.8, 4) is 0 Å². The second kappa shape index (κ2) is 5.48. The second-order valence-corrected chi connectivity index (χ2v) is 10.2. The van der Waals surface area contributed by atoms with Crippen LogP contribution in [0.5, 0.6) is 0 Å². The number of nitrogens with zero attached hydrogens (tertiary/aromatic N) is 2. The Labute approximate surface area is 127 Å².